The van der Waals surface area contributed by atoms with Crippen molar-refractivity contribution in [3.63, 3.8) is 0 Å². The number of guanidine groups is 1. The SMILES string of the molecule is CN=C(NCCCOC1CCOC1)NCC(C)Oc1cccc(OC)c1. The lowest BCUT2D eigenvalue weighted by atomic mass is 10.3. The maximum absolute atomic E-state index is 5.89. The van der Waals surface area contributed by atoms with Crippen molar-refractivity contribution in [1.29, 1.82) is 0 Å². The highest BCUT2D eigenvalue weighted by molar-refractivity contribution is 5.79. The fourth-order valence-electron chi connectivity index (χ4n) is 2.58. The molecule has 2 rings (SSSR count). The van der Waals surface area contributed by atoms with Gasteiger partial charge in [-0.2, -0.15) is 0 Å². The van der Waals surface area contributed by atoms with Crippen molar-refractivity contribution in [2.45, 2.75) is 32.0 Å². The topological polar surface area (TPSA) is 73.3 Å². The van der Waals surface area contributed by atoms with Crippen LogP contribution in [0.2, 0.25) is 0 Å². The van der Waals surface area contributed by atoms with Crippen molar-refractivity contribution >= 4 is 5.96 Å². The third-order valence-corrected chi connectivity index (χ3v) is 4.01. The van der Waals surface area contributed by atoms with Crippen LogP contribution in [-0.2, 0) is 9.47 Å². The fourth-order valence-corrected chi connectivity index (χ4v) is 2.58. The minimum atomic E-state index is -0.00800. The summed E-state index contributed by atoms with van der Waals surface area (Å²) in [6.07, 6.45) is 2.18. The molecular weight excluding hydrogens is 334 g/mol. The van der Waals surface area contributed by atoms with Gasteiger partial charge in [-0.1, -0.05) is 6.07 Å². The van der Waals surface area contributed by atoms with Crippen molar-refractivity contribution in [2.24, 2.45) is 4.99 Å². The first-order chi connectivity index (χ1) is 12.7. The molecule has 2 unspecified atom stereocenters. The van der Waals surface area contributed by atoms with Crippen molar-refractivity contribution < 1.29 is 18.9 Å². The van der Waals surface area contributed by atoms with E-state index in [9.17, 15) is 0 Å². The summed E-state index contributed by atoms with van der Waals surface area (Å²) in [7, 11) is 3.40. The van der Waals surface area contributed by atoms with E-state index in [1.54, 1.807) is 14.2 Å². The van der Waals surface area contributed by atoms with Crippen LogP contribution in [0.4, 0.5) is 0 Å². The number of nitrogens with zero attached hydrogens (tertiary/aromatic N) is 1. The molecule has 146 valence electrons. The van der Waals surface area contributed by atoms with Gasteiger partial charge in [-0.25, -0.2) is 0 Å². The minimum Gasteiger partial charge on any atom is -0.497 e. The van der Waals surface area contributed by atoms with Crippen LogP contribution in [0.1, 0.15) is 19.8 Å². The summed E-state index contributed by atoms with van der Waals surface area (Å²) >= 11 is 0. The lowest BCUT2D eigenvalue weighted by Crippen LogP contribution is -2.42. The van der Waals surface area contributed by atoms with E-state index >= 15 is 0 Å². The Kier molecular flexibility index (Phi) is 9.06. The summed E-state index contributed by atoms with van der Waals surface area (Å²) in [5.74, 6) is 2.33. The van der Waals surface area contributed by atoms with Gasteiger partial charge in [-0.05, 0) is 31.9 Å². The summed E-state index contributed by atoms with van der Waals surface area (Å²) < 4.78 is 22.1. The van der Waals surface area contributed by atoms with Gasteiger partial charge < -0.3 is 29.6 Å². The maximum Gasteiger partial charge on any atom is 0.191 e. The van der Waals surface area contributed by atoms with E-state index in [0.717, 1.165) is 56.7 Å². The van der Waals surface area contributed by atoms with E-state index in [0.29, 0.717) is 6.54 Å². The highest BCUT2D eigenvalue weighted by Crippen LogP contribution is 2.19. The Balaban J connectivity index is 1.59. The molecule has 1 fully saturated rings. The molecule has 0 bridgehead atoms. The van der Waals surface area contributed by atoms with Gasteiger partial charge in [0.05, 0.1) is 26.4 Å². The van der Waals surface area contributed by atoms with E-state index in [2.05, 4.69) is 15.6 Å². The number of methoxy groups -OCH3 is 1. The molecule has 1 saturated heterocycles. The van der Waals surface area contributed by atoms with Crippen LogP contribution in [0.15, 0.2) is 29.3 Å². The molecule has 2 N–H and O–H groups in total. The first-order valence-corrected chi connectivity index (χ1v) is 9.16. The van der Waals surface area contributed by atoms with Gasteiger partial charge >= 0.3 is 0 Å². The zero-order valence-electron chi connectivity index (χ0n) is 16.0. The summed E-state index contributed by atoms with van der Waals surface area (Å²) in [6, 6.07) is 7.60. The zero-order chi connectivity index (χ0) is 18.6. The van der Waals surface area contributed by atoms with E-state index in [1.807, 2.05) is 31.2 Å². The zero-order valence-corrected chi connectivity index (χ0v) is 16.0. The molecule has 0 radical (unpaired) electrons. The summed E-state index contributed by atoms with van der Waals surface area (Å²) in [5, 5.41) is 6.56. The van der Waals surface area contributed by atoms with Crippen LogP contribution in [0, 0.1) is 0 Å². The van der Waals surface area contributed by atoms with Crippen LogP contribution in [0.25, 0.3) is 0 Å². The molecule has 1 aliphatic heterocycles. The quantitative estimate of drug-likeness (QED) is 0.374. The highest BCUT2D eigenvalue weighted by atomic mass is 16.5. The molecular formula is C19H31N3O4. The van der Waals surface area contributed by atoms with Crippen molar-refractivity contribution in [3.05, 3.63) is 24.3 Å². The molecule has 26 heavy (non-hydrogen) atoms. The Labute approximate surface area is 156 Å². The first kappa shape index (κ1) is 20.3. The Morgan fingerprint density at radius 3 is 2.92 bits per heavy atom. The van der Waals surface area contributed by atoms with E-state index in [1.165, 1.54) is 0 Å². The van der Waals surface area contributed by atoms with Gasteiger partial charge in [-0.15, -0.1) is 0 Å². The van der Waals surface area contributed by atoms with E-state index in [4.69, 9.17) is 18.9 Å². The minimum absolute atomic E-state index is 0.00800. The van der Waals surface area contributed by atoms with Gasteiger partial charge in [0.1, 0.15) is 17.6 Å². The van der Waals surface area contributed by atoms with Crippen molar-refractivity contribution in [1.82, 2.24) is 10.6 Å². The largest absolute Gasteiger partial charge is 0.497 e. The lowest BCUT2D eigenvalue weighted by Gasteiger charge is -2.18. The van der Waals surface area contributed by atoms with Crippen LogP contribution in [-0.4, -0.2) is 65.2 Å². The second kappa shape index (κ2) is 11.6. The Morgan fingerprint density at radius 2 is 2.19 bits per heavy atom. The molecule has 0 aromatic heterocycles. The number of ether oxygens (including phenoxy) is 4. The number of nitrogens with one attached hydrogen (secondary N) is 2. The van der Waals surface area contributed by atoms with Crippen LogP contribution < -0.4 is 20.1 Å². The third-order valence-electron chi connectivity index (χ3n) is 4.01. The molecule has 1 heterocycles. The molecule has 7 nitrogen and oxygen atoms in total. The van der Waals surface area contributed by atoms with Crippen LogP contribution >= 0.6 is 0 Å². The van der Waals surface area contributed by atoms with Gasteiger partial charge in [0.15, 0.2) is 5.96 Å². The molecule has 1 aliphatic rings. The second-order valence-corrected chi connectivity index (χ2v) is 6.20. The predicted octanol–water partition coefficient (Wildman–Crippen LogP) is 1.82. The smallest absolute Gasteiger partial charge is 0.191 e. The number of hydrogen-bond acceptors (Lipinski definition) is 5. The van der Waals surface area contributed by atoms with Crippen molar-refractivity contribution in [2.75, 3.05) is 47.1 Å². The number of benzene rings is 1. The molecule has 0 spiro atoms. The number of rotatable bonds is 10. The van der Waals surface area contributed by atoms with Crippen LogP contribution in [0.3, 0.4) is 0 Å². The van der Waals surface area contributed by atoms with Crippen LogP contribution in [0.5, 0.6) is 11.5 Å². The van der Waals surface area contributed by atoms with Gasteiger partial charge in [-0.3, -0.25) is 4.99 Å². The standard InChI is InChI=1S/C19H31N3O4/c1-15(26-17-7-4-6-16(12-17)23-3)13-22-19(20-2)21-9-5-10-25-18-8-11-24-14-18/h4,6-7,12,15,18H,5,8-11,13-14H2,1-3H3,(H2,20,21,22). The lowest BCUT2D eigenvalue weighted by molar-refractivity contribution is 0.0420. The molecule has 0 aliphatic carbocycles. The van der Waals surface area contributed by atoms with Gasteiger partial charge in [0.25, 0.3) is 0 Å². The monoisotopic (exact) mass is 365 g/mol. The summed E-state index contributed by atoms with van der Waals surface area (Å²) in [5.41, 5.74) is 0. The third kappa shape index (κ3) is 7.49. The maximum atomic E-state index is 5.89. The molecule has 0 amide bonds. The van der Waals surface area contributed by atoms with Gasteiger partial charge in [0.2, 0.25) is 0 Å². The Hall–Kier alpha value is -1.99. The number of hydrogen-bond donors (Lipinski definition) is 2. The van der Waals surface area contributed by atoms with Crippen molar-refractivity contribution in [3.8, 4) is 11.5 Å². The normalized spacial score (nSPS) is 18.4. The first-order valence-electron chi connectivity index (χ1n) is 9.16. The average molecular weight is 365 g/mol. The molecule has 1 aromatic rings. The average Bonchev–Trinajstić information content (AvgIpc) is 3.17. The summed E-state index contributed by atoms with van der Waals surface area (Å²) in [6.45, 7) is 5.73. The van der Waals surface area contributed by atoms with Gasteiger partial charge in [0, 0.05) is 32.9 Å². The fraction of sp³-hybridized carbons (Fsp3) is 0.632. The second-order valence-electron chi connectivity index (χ2n) is 6.20. The number of aliphatic imine (C=N–C) groups is 1. The van der Waals surface area contributed by atoms with E-state index < -0.39 is 0 Å². The predicted molar refractivity (Wildman–Crippen MR) is 102 cm³/mol. The Morgan fingerprint density at radius 1 is 1.35 bits per heavy atom. The summed E-state index contributed by atoms with van der Waals surface area (Å²) in [4.78, 5) is 4.23. The molecule has 1 aromatic carbocycles. The Bertz CT molecular complexity index is 547. The highest BCUT2D eigenvalue weighted by Gasteiger charge is 2.15. The molecule has 2 atom stereocenters. The molecule has 7 heteroatoms. The van der Waals surface area contributed by atoms with E-state index in [-0.39, 0.29) is 12.2 Å². The molecule has 0 saturated carbocycles.